The van der Waals surface area contributed by atoms with Crippen LogP contribution in [-0.2, 0) is 0 Å². The Morgan fingerprint density at radius 1 is 0.957 bits per heavy atom. The maximum Gasteiger partial charge on any atom is 0.317 e. The zero-order valence-electron chi connectivity index (χ0n) is 14.5. The fourth-order valence-electron chi connectivity index (χ4n) is 4.67. The molecule has 3 rings (SSSR count). The quantitative estimate of drug-likeness (QED) is 0.545. The van der Waals surface area contributed by atoms with Gasteiger partial charge in [-0.3, -0.25) is 10.6 Å². The molecule has 0 aromatic heterocycles. The first-order valence-corrected chi connectivity index (χ1v) is 9.40. The molecule has 0 aromatic carbocycles. The van der Waals surface area contributed by atoms with E-state index in [1.807, 2.05) is 7.05 Å². The summed E-state index contributed by atoms with van der Waals surface area (Å²) in [5, 5.41) is 16.2. The van der Waals surface area contributed by atoms with Gasteiger partial charge in [-0.05, 0) is 51.5 Å². The van der Waals surface area contributed by atoms with Gasteiger partial charge in [0.25, 0.3) is 0 Å². The number of amides is 2. The molecule has 6 atom stereocenters. The summed E-state index contributed by atoms with van der Waals surface area (Å²) in [6, 6.07) is 0.658. The average molecular weight is 323 g/mol. The molecule has 1 heterocycles. The molecule has 6 heteroatoms. The Balaban J connectivity index is 1.44. The lowest BCUT2D eigenvalue weighted by Gasteiger charge is -2.40. The van der Waals surface area contributed by atoms with Crippen molar-refractivity contribution < 1.29 is 4.79 Å². The van der Waals surface area contributed by atoms with Crippen LogP contribution in [0.5, 0.6) is 0 Å². The number of urea groups is 1. The number of carbonyl (C=O) groups excluding carboxylic acids is 1. The van der Waals surface area contributed by atoms with Gasteiger partial charge in [0.05, 0.1) is 6.17 Å². The molecule has 5 N–H and O–H groups in total. The van der Waals surface area contributed by atoms with Crippen LogP contribution in [0.1, 0.15) is 58.3 Å². The van der Waals surface area contributed by atoms with Gasteiger partial charge < -0.3 is 16.0 Å². The smallest absolute Gasteiger partial charge is 0.317 e. The third kappa shape index (κ3) is 4.58. The van der Waals surface area contributed by atoms with Gasteiger partial charge in [-0.25, -0.2) is 4.79 Å². The van der Waals surface area contributed by atoms with Crippen molar-refractivity contribution in [3.63, 3.8) is 0 Å². The highest BCUT2D eigenvalue weighted by Gasteiger charge is 2.33. The second kappa shape index (κ2) is 7.81. The highest BCUT2D eigenvalue weighted by molar-refractivity contribution is 5.74. The van der Waals surface area contributed by atoms with Crippen molar-refractivity contribution in [2.75, 3.05) is 7.05 Å². The van der Waals surface area contributed by atoms with Crippen LogP contribution in [0.4, 0.5) is 4.79 Å². The van der Waals surface area contributed by atoms with E-state index in [9.17, 15) is 4.79 Å². The molecule has 1 aliphatic heterocycles. The molecule has 23 heavy (non-hydrogen) atoms. The Morgan fingerprint density at radius 2 is 1.74 bits per heavy atom. The molecule has 0 radical (unpaired) electrons. The Bertz CT molecular complexity index is 404. The zero-order chi connectivity index (χ0) is 16.2. The summed E-state index contributed by atoms with van der Waals surface area (Å²) in [6.07, 6.45) is 10.2. The maximum atomic E-state index is 12.3. The molecule has 3 fully saturated rings. The Labute approximate surface area is 139 Å². The van der Waals surface area contributed by atoms with Crippen molar-refractivity contribution in [1.29, 1.82) is 0 Å². The first-order valence-electron chi connectivity index (χ1n) is 9.40. The largest absolute Gasteiger partial charge is 0.335 e. The van der Waals surface area contributed by atoms with E-state index in [4.69, 9.17) is 0 Å². The molecule has 0 spiro atoms. The van der Waals surface area contributed by atoms with Crippen molar-refractivity contribution in [1.82, 2.24) is 26.6 Å². The Morgan fingerprint density at radius 3 is 2.52 bits per heavy atom. The standard InChI is InChI=1S/C17H33N5O/c1-11-9-15(18-2)21-16(19-11)22-17(23)20-14-8-7-12-5-3-4-6-13(12)10-14/h11-16,18-19,21H,3-10H2,1-2H3,(H2,20,22,23). The average Bonchev–Trinajstić information content (AvgIpc) is 2.54. The molecule has 6 unspecified atom stereocenters. The lowest BCUT2D eigenvalue weighted by atomic mass is 9.69. The van der Waals surface area contributed by atoms with Crippen molar-refractivity contribution in [3.05, 3.63) is 0 Å². The van der Waals surface area contributed by atoms with Crippen LogP contribution < -0.4 is 26.6 Å². The van der Waals surface area contributed by atoms with Gasteiger partial charge in [0.2, 0.25) is 0 Å². The monoisotopic (exact) mass is 323 g/mol. The SMILES string of the molecule is CNC1CC(C)NC(NC(=O)NC2CCC3CCCCC3C2)N1. The van der Waals surface area contributed by atoms with Gasteiger partial charge in [-0.2, -0.15) is 0 Å². The number of carbonyl (C=O) groups is 1. The summed E-state index contributed by atoms with van der Waals surface area (Å²) in [6.45, 7) is 2.14. The van der Waals surface area contributed by atoms with E-state index in [2.05, 4.69) is 33.5 Å². The van der Waals surface area contributed by atoms with Gasteiger partial charge in [-0.1, -0.05) is 25.7 Å². The number of hydrogen-bond donors (Lipinski definition) is 5. The van der Waals surface area contributed by atoms with Gasteiger partial charge >= 0.3 is 6.03 Å². The van der Waals surface area contributed by atoms with Crippen LogP contribution in [0.25, 0.3) is 0 Å². The summed E-state index contributed by atoms with van der Waals surface area (Å²) >= 11 is 0. The van der Waals surface area contributed by atoms with Gasteiger partial charge in [0, 0.05) is 12.1 Å². The summed E-state index contributed by atoms with van der Waals surface area (Å²) in [5.41, 5.74) is 0. The van der Waals surface area contributed by atoms with E-state index >= 15 is 0 Å². The molecule has 3 aliphatic rings. The summed E-state index contributed by atoms with van der Waals surface area (Å²) in [4.78, 5) is 12.3. The maximum absolute atomic E-state index is 12.3. The molecule has 2 saturated carbocycles. The van der Waals surface area contributed by atoms with Crippen LogP contribution in [0, 0.1) is 11.8 Å². The predicted molar refractivity (Wildman–Crippen MR) is 91.7 cm³/mol. The number of hydrogen-bond acceptors (Lipinski definition) is 4. The van der Waals surface area contributed by atoms with E-state index in [1.165, 1.54) is 38.5 Å². The molecular weight excluding hydrogens is 290 g/mol. The number of nitrogens with one attached hydrogen (secondary N) is 5. The number of fused-ring (bicyclic) bond motifs is 1. The molecule has 2 amide bonds. The van der Waals surface area contributed by atoms with Crippen molar-refractivity contribution in [2.45, 2.75) is 82.8 Å². The Hall–Kier alpha value is -0.850. The third-order valence-electron chi connectivity index (χ3n) is 5.91. The fraction of sp³-hybridized carbons (Fsp3) is 0.941. The van der Waals surface area contributed by atoms with Crippen molar-refractivity contribution >= 4 is 6.03 Å². The van der Waals surface area contributed by atoms with Gasteiger partial charge in [0.15, 0.2) is 0 Å². The second-order valence-electron chi connectivity index (χ2n) is 7.68. The Kier molecular flexibility index (Phi) is 5.77. The van der Waals surface area contributed by atoms with Gasteiger partial charge in [0.1, 0.15) is 6.29 Å². The minimum Gasteiger partial charge on any atom is -0.335 e. The van der Waals surface area contributed by atoms with E-state index < -0.39 is 0 Å². The van der Waals surface area contributed by atoms with Crippen LogP contribution >= 0.6 is 0 Å². The third-order valence-corrected chi connectivity index (χ3v) is 5.91. The van der Waals surface area contributed by atoms with E-state index in [1.54, 1.807) is 0 Å². The lowest BCUT2D eigenvalue weighted by Crippen LogP contribution is -2.68. The normalized spacial score (nSPS) is 41.0. The first kappa shape index (κ1) is 17.0. The molecule has 0 bridgehead atoms. The summed E-state index contributed by atoms with van der Waals surface area (Å²) in [7, 11) is 1.94. The van der Waals surface area contributed by atoms with Crippen LogP contribution in [0.3, 0.4) is 0 Å². The van der Waals surface area contributed by atoms with Crippen molar-refractivity contribution in [3.8, 4) is 0 Å². The van der Waals surface area contributed by atoms with Crippen molar-refractivity contribution in [2.24, 2.45) is 11.8 Å². The minimum atomic E-state index is -0.179. The fourth-order valence-corrected chi connectivity index (χ4v) is 4.67. The topological polar surface area (TPSA) is 77.2 Å². The summed E-state index contributed by atoms with van der Waals surface area (Å²) < 4.78 is 0. The van der Waals surface area contributed by atoms with Crippen LogP contribution in [0.15, 0.2) is 0 Å². The number of rotatable bonds is 3. The zero-order valence-corrected chi connectivity index (χ0v) is 14.5. The minimum absolute atomic E-state index is 0.0572. The molecule has 2 aliphatic carbocycles. The van der Waals surface area contributed by atoms with Crippen LogP contribution in [-0.4, -0.2) is 37.6 Å². The van der Waals surface area contributed by atoms with Crippen LogP contribution in [0.2, 0.25) is 0 Å². The van der Waals surface area contributed by atoms with E-state index in [-0.39, 0.29) is 18.5 Å². The van der Waals surface area contributed by atoms with E-state index in [0.717, 1.165) is 24.7 Å². The highest BCUT2D eigenvalue weighted by atomic mass is 16.2. The summed E-state index contributed by atoms with van der Waals surface area (Å²) in [5.74, 6) is 1.76. The lowest BCUT2D eigenvalue weighted by molar-refractivity contribution is 0.141. The molecule has 0 aromatic rings. The highest BCUT2D eigenvalue weighted by Crippen LogP contribution is 2.40. The second-order valence-corrected chi connectivity index (χ2v) is 7.68. The predicted octanol–water partition coefficient (Wildman–Crippen LogP) is 1.45. The molecule has 1 saturated heterocycles. The van der Waals surface area contributed by atoms with Gasteiger partial charge in [-0.15, -0.1) is 0 Å². The molecule has 6 nitrogen and oxygen atoms in total. The van der Waals surface area contributed by atoms with E-state index in [0.29, 0.717) is 12.1 Å². The molecule has 132 valence electrons. The first-order chi connectivity index (χ1) is 11.1. The molecular formula is C17H33N5O.